The molecule has 8 heteroatoms. The minimum Gasteiger partial charge on any atom is -0.480 e. The molecule has 6 nitrogen and oxygen atoms in total. The number of rotatable bonds is 6. The number of amides is 1. The molecule has 2 atom stereocenters. The van der Waals surface area contributed by atoms with Gasteiger partial charge in [-0.15, -0.1) is 0 Å². The number of nitrogens with zero attached hydrogens (tertiary/aromatic N) is 1. The van der Waals surface area contributed by atoms with Gasteiger partial charge < -0.3 is 10.0 Å². The molecule has 2 unspecified atom stereocenters. The Morgan fingerprint density at radius 3 is 2.18 bits per heavy atom. The molecule has 1 amide bonds. The number of carbonyl (C=O) groups excluding carboxylic acids is 1. The normalized spacial score (nSPS) is 14.2. The molecule has 0 fully saturated rings. The van der Waals surface area contributed by atoms with Crippen molar-refractivity contribution in [2.75, 3.05) is 7.05 Å². The lowest BCUT2D eigenvalue weighted by Crippen LogP contribution is -2.41. The van der Waals surface area contributed by atoms with Crippen molar-refractivity contribution < 1.29 is 27.5 Å². The van der Waals surface area contributed by atoms with Gasteiger partial charge in [0, 0.05) is 13.5 Å². The average Bonchev–Trinajstić information content (AvgIpc) is 2.45. The first-order valence-corrected chi connectivity index (χ1v) is 8.10. The molecule has 1 aromatic carbocycles. The van der Waals surface area contributed by atoms with Gasteiger partial charge in [0.1, 0.15) is 11.9 Å². The third kappa shape index (κ3) is 4.03. The second kappa shape index (κ2) is 6.87. The van der Waals surface area contributed by atoms with Crippen LogP contribution in [0.3, 0.4) is 0 Å². The van der Waals surface area contributed by atoms with Crippen molar-refractivity contribution in [3.8, 4) is 0 Å². The van der Waals surface area contributed by atoms with E-state index in [2.05, 4.69) is 0 Å². The number of carbonyl (C=O) groups is 2. The third-order valence-corrected chi connectivity index (χ3v) is 5.62. The summed E-state index contributed by atoms with van der Waals surface area (Å²) in [6.45, 7) is 2.69. The largest absolute Gasteiger partial charge is 0.480 e. The summed E-state index contributed by atoms with van der Waals surface area (Å²) in [5.41, 5.74) is 0. The van der Waals surface area contributed by atoms with Crippen LogP contribution in [-0.4, -0.2) is 48.6 Å². The van der Waals surface area contributed by atoms with E-state index in [0.29, 0.717) is 0 Å². The molecule has 0 aliphatic heterocycles. The standard InChI is InChI=1S/C14H18FNO5S/c1-9(8-13(17)16(3)10(2)14(18)19)22(20,21)12-6-4-11(15)5-7-12/h4-7,9-10H,8H2,1-3H3,(H,18,19). The van der Waals surface area contributed by atoms with Crippen molar-refractivity contribution in [2.24, 2.45) is 0 Å². The Balaban J connectivity index is 2.87. The molecule has 0 aliphatic rings. The minimum atomic E-state index is -3.79. The van der Waals surface area contributed by atoms with Gasteiger partial charge in [0.05, 0.1) is 10.1 Å². The molecule has 0 saturated carbocycles. The number of likely N-dealkylation sites (N-methyl/N-ethyl adjacent to an activating group) is 1. The van der Waals surface area contributed by atoms with Gasteiger partial charge in [-0.2, -0.15) is 0 Å². The van der Waals surface area contributed by atoms with Gasteiger partial charge in [-0.1, -0.05) is 0 Å². The van der Waals surface area contributed by atoms with Gasteiger partial charge in [-0.3, -0.25) is 4.79 Å². The summed E-state index contributed by atoms with van der Waals surface area (Å²) in [5, 5.41) is 7.80. The Bertz CT molecular complexity index is 656. The second-order valence-electron chi connectivity index (χ2n) is 5.03. The van der Waals surface area contributed by atoms with Crippen LogP contribution in [0.25, 0.3) is 0 Å². The van der Waals surface area contributed by atoms with Crippen molar-refractivity contribution in [2.45, 2.75) is 36.5 Å². The van der Waals surface area contributed by atoms with E-state index in [0.717, 1.165) is 29.2 Å². The highest BCUT2D eigenvalue weighted by Crippen LogP contribution is 2.19. The average molecular weight is 331 g/mol. The van der Waals surface area contributed by atoms with Crippen molar-refractivity contribution in [3.63, 3.8) is 0 Å². The third-order valence-electron chi connectivity index (χ3n) is 3.47. The number of aliphatic carboxylic acids is 1. The van der Waals surface area contributed by atoms with Crippen LogP contribution in [0.2, 0.25) is 0 Å². The molecule has 0 spiro atoms. The molecule has 1 aromatic rings. The van der Waals surface area contributed by atoms with Crippen molar-refractivity contribution in [3.05, 3.63) is 30.1 Å². The number of halogens is 1. The molecular weight excluding hydrogens is 313 g/mol. The number of benzene rings is 1. The van der Waals surface area contributed by atoms with Crippen LogP contribution in [-0.2, 0) is 19.4 Å². The lowest BCUT2D eigenvalue weighted by atomic mass is 10.2. The lowest BCUT2D eigenvalue weighted by molar-refractivity contribution is -0.148. The molecule has 1 N–H and O–H groups in total. The summed E-state index contributed by atoms with van der Waals surface area (Å²) < 4.78 is 37.4. The van der Waals surface area contributed by atoms with E-state index in [1.54, 1.807) is 0 Å². The summed E-state index contributed by atoms with van der Waals surface area (Å²) in [6.07, 6.45) is -0.353. The van der Waals surface area contributed by atoms with E-state index < -0.39 is 38.8 Å². The Morgan fingerprint density at radius 2 is 1.73 bits per heavy atom. The van der Waals surface area contributed by atoms with E-state index in [9.17, 15) is 22.4 Å². The Kier molecular flexibility index (Phi) is 5.65. The maximum absolute atomic E-state index is 12.8. The number of hydrogen-bond donors (Lipinski definition) is 1. The zero-order chi connectivity index (χ0) is 17.1. The molecule has 0 aromatic heterocycles. The van der Waals surface area contributed by atoms with Gasteiger partial charge in [-0.05, 0) is 38.1 Å². The number of carboxylic acid groups (broad SMARTS) is 1. The van der Waals surface area contributed by atoms with Gasteiger partial charge in [0.2, 0.25) is 5.91 Å². The van der Waals surface area contributed by atoms with Gasteiger partial charge in [0.25, 0.3) is 0 Å². The number of sulfone groups is 1. The Morgan fingerprint density at radius 1 is 1.23 bits per heavy atom. The van der Waals surface area contributed by atoms with Crippen LogP contribution in [0.1, 0.15) is 20.3 Å². The first-order chi connectivity index (χ1) is 10.1. The summed E-state index contributed by atoms with van der Waals surface area (Å²) in [7, 11) is -2.49. The fourth-order valence-electron chi connectivity index (χ4n) is 1.74. The summed E-state index contributed by atoms with van der Waals surface area (Å²) >= 11 is 0. The first-order valence-electron chi connectivity index (χ1n) is 6.55. The second-order valence-corrected chi connectivity index (χ2v) is 7.40. The fraction of sp³-hybridized carbons (Fsp3) is 0.429. The highest BCUT2D eigenvalue weighted by atomic mass is 32.2. The quantitative estimate of drug-likeness (QED) is 0.794. The minimum absolute atomic E-state index is 0.0804. The van der Waals surface area contributed by atoms with E-state index in [4.69, 9.17) is 5.11 Å². The number of hydrogen-bond acceptors (Lipinski definition) is 4. The molecular formula is C14H18FNO5S. The monoisotopic (exact) mass is 331 g/mol. The van der Waals surface area contributed by atoms with Crippen molar-refractivity contribution >= 4 is 21.7 Å². The van der Waals surface area contributed by atoms with Crippen LogP contribution in [0.5, 0.6) is 0 Å². The molecule has 22 heavy (non-hydrogen) atoms. The van der Waals surface area contributed by atoms with Gasteiger partial charge in [-0.25, -0.2) is 17.6 Å². The molecule has 0 heterocycles. The van der Waals surface area contributed by atoms with Crippen LogP contribution in [0.15, 0.2) is 29.2 Å². The molecule has 1 rings (SSSR count). The van der Waals surface area contributed by atoms with Crippen molar-refractivity contribution in [1.82, 2.24) is 4.90 Å². The predicted molar refractivity (Wildman–Crippen MR) is 77.5 cm³/mol. The Labute approximate surface area is 128 Å². The smallest absolute Gasteiger partial charge is 0.326 e. The molecule has 0 radical (unpaired) electrons. The Hall–Kier alpha value is -1.96. The summed E-state index contributed by atoms with van der Waals surface area (Å²) in [4.78, 5) is 23.7. The summed E-state index contributed by atoms with van der Waals surface area (Å²) in [6, 6.07) is 3.28. The summed E-state index contributed by atoms with van der Waals surface area (Å²) in [5.74, 6) is -2.32. The van der Waals surface area contributed by atoms with E-state index in [1.807, 2.05) is 0 Å². The van der Waals surface area contributed by atoms with Crippen LogP contribution < -0.4 is 0 Å². The van der Waals surface area contributed by atoms with Gasteiger partial charge in [0.15, 0.2) is 9.84 Å². The van der Waals surface area contributed by atoms with E-state index in [-0.39, 0.29) is 11.3 Å². The van der Waals surface area contributed by atoms with E-state index in [1.165, 1.54) is 20.9 Å². The number of carboxylic acids is 1. The van der Waals surface area contributed by atoms with Crippen molar-refractivity contribution in [1.29, 1.82) is 0 Å². The SMILES string of the molecule is CC(C(=O)O)N(C)C(=O)CC(C)S(=O)(=O)c1ccc(F)cc1. The van der Waals surface area contributed by atoms with Crippen LogP contribution >= 0.6 is 0 Å². The topological polar surface area (TPSA) is 91.8 Å². The maximum Gasteiger partial charge on any atom is 0.326 e. The molecule has 0 bridgehead atoms. The van der Waals surface area contributed by atoms with Crippen LogP contribution in [0, 0.1) is 5.82 Å². The predicted octanol–water partition coefficient (Wildman–Crippen LogP) is 1.31. The van der Waals surface area contributed by atoms with Crippen LogP contribution in [0.4, 0.5) is 4.39 Å². The zero-order valence-corrected chi connectivity index (χ0v) is 13.3. The fourth-order valence-corrected chi connectivity index (χ4v) is 3.08. The lowest BCUT2D eigenvalue weighted by Gasteiger charge is -2.23. The highest BCUT2D eigenvalue weighted by molar-refractivity contribution is 7.92. The molecule has 0 aliphatic carbocycles. The molecule has 122 valence electrons. The maximum atomic E-state index is 12.8. The highest BCUT2D eigenvalue weighted by Gasteiger charge is 2.29. The zero-order valence-electron chi connectivity index (χ0n) is 12.5. The first kappa shape index (κ1) is 18.1. The van der Waals surface area contributed by atoms with E-state index >= 15 is 0 Å². The van der Waals surface area contributed by atoms with Gasteiger partial charge >= 0.3 is 5.97 Å². The molecule has 0 saturated heterocycles.